The second-order valence-electron chi connectivity index (χ2n) is 5.97. The SMILES string of the molecule is CC(C)NC(=O)CCN1CCN(C(C)(C)C#N)CC1. The van der Waals surface area contributed by atoms with Crippen LogP contribution in [-0.4, -0.2) is 60.0 Å². The Kier molecular flexibility index (Phi) is 5.77. The molecule has 0 bridgehead atoms. The van der Waals surface area contributed by atoms with Crippen molar-refractivity contribution in [2.45, 2.75) is 45.7 Å². The molecule has 0 saturated carbocycles. The summed E-state index contributed by atoms with van der Waals surface area (Å²) in [6, 6.07) is 2.55. The summed E-state index contributed by atoms with van der Waals surface area (Å²) in [5, 5.41) is 12.0. The van der Waals surface area contributed by atoms with Crippen molar-refractivity contribution in [2.75, 3.05) is 32.7 Å². The van der Waals surface area contributed by atoms with Gasteiger partial charge in [0.25, 0.3) is 0 Å². The summed E-state index contributed by atoms with van der Waals surface area (Å²) in [4.78, 5) is 16.1. The molecule has 1 heterocycles. The highest BCUT2D eigenvalue weighted by Gasteiger charge is 2.29. The van der Waals surface area contributed by atoms with E-state index in [2.05, 4.69) is 21.2 Å². The lowest BCUT2D eigenvalue weighted by Gasteiger charge is -2.40. The van der Waals surface area contributed by atoms with Crippen molar-refractivity contribution in [3.8, 4) is 6.07 Å². The minimum atomic E-state index is -0.388. The summed E-state index contributed by atoms with van der Waals surface area (Å²) in [6.45, 7) is 12.3. The lowest BCUT2D eigenvalue weighted by molar-refractivity contribution is -0.122. The van der Waals surface area contributed by atoms with E-state index in [1.807, 2.05) is 27.7 Å². The Morgan fingerprint density at radius 1 is 1.32 bits per heavy atom. The summed E-state index contributed by atoms with van der Waals surface area (Å²) in [5.41, 5.74) is -0.388. The predicted octanol–water partition coefficient (Wildman–Crippen LogP) is 0.821. The third-order valence-electron chi connectivity index (χ3n) is 3.54. The highest BCUT2D eigenvalue weighted by molar-refractivity contribution is 5.76. The number of carbonyl (C=O) groups is 1. The number of nitriles is 1. The van der Waals surface area contributed by atoms with E-state index < -0.39 is 0 Å². The second kappa shape index (κ2) is 6.88. The maximum atomic E-state index is 11.6. The first kappa shape index (κ1) is 15.9. The molecular weight excluding hydrogens is 240 g/mol. The first-order valence-corrected chi connectivity index (χ1v) is 7.03. The maximum Gasteiger partial charge on any atom is 0.221 e. The largest absolute Gasteiger partial charge is 0.354 e. The van der Waals surface area contributed by atoms with E-state index in [-0.39, 0.29) is 17.5 Å². The van der Waals surface area contributed by atoms with Crippen LogP contribution < -0.4 is 5.32 Å². The van der Waals surface area contributed by atoms with Crippen LogP contribution in [0.1, 0.15) is 34.1 Å². The molecule has 0 aromatic carbocycles. The first-order valence-electron chi connectivity index (χ1n) is 7.03. The zero-order chi connectivity index (χ0) is 14.5. The topological polar surface area (TPSA) is 59.4 Å². The Balaban J connectivity index is 2.28. The van der Waals surface area contributed by atoms with Gasteiger partial charge in [0, 0.05) is 45.2 Å². The van der Waals surface area contributed by atoms with Gasteiger partial charge in [0.15, 0.2) is 0 Å². The van der Waals surface area contributed by atoms with Gasteiger partial charge in [-0.15, -0.1) is 0 Å². The van der Waals surface area contributed by atoms with E-state index >= 15 is 0 Å². The lowest BCUT2D eigenvalue weighted by atomic mass is 10.0. The van der Waals surface area contributed by atoms with Crippen molar-refractivity contribution >= 4 is 5.91 Å². The van der Waals surface area contributed by atoms with Crippen LogP contribution in [0.25, 0.3) is 0 Å². The van der Waals surface area contributed by atoms with E-state index in [4.69, 9.17) is 5.26 Å². The van der Waals surface area contributed by atoms with Crippen molar-refractivity contribution in [3.05, 3.63) is 0 Å². The number of hydrogen-bond acceptors (Lipinski definition) is 4. The van der Waals surface area contributed by atoms with Crippen molar-refractivity contribution in [1.29, 1.82) is 5.26 Å². The smallest absolute Gasteiger partial charge is 0.221 e. The highest BCUT2D eigenvalue weighted by Crippen LogP contribution is 2.15. The summed E-state index contributed by atoms with van der Waals surface area (Å²) in [7, 11) is 0. The molecule has 0 radical (unpaired) electrons. The summed E-state index contributed by atoms with van der Waals surface area (Å²) in [6.07, 6.45) is 0.555. The molecule has 0 aromatic heterocycles. The van der Waals surface area contributed by atoms with Crippen LogP contribution >= 0.6 is 0 Å². The van der Waals surface area contributed by atoms with E-state index in [1.165, 1.54) is 0 Å². The molecule has 0 aromatic rings. The molecule has 5 nitrogen and oxygen atoms in total. The number of carbonyl (C=O) groups excluding carboxylic acids is 1. The van der Waals surface area contributed by atoms with Gasteiger partial charge in [-0.05, 0) is 27.7 Å². The molecule has 0 unspecified atom stereocenters. The van der Waals surface area contributed by atoms with Crippen LogP contribution in [0.2, 0.25) is 0 Å². The van der Waals surface area contributed by atoms with Crippen molar-refractivity contribution in [2.24, 2.45) is 0 Å². The van der Waals surface area contributed by atoms with Crippen molar-refractivity contribution in [1.82, 2.24) is 15.1 Å². The second-order valence-corrected chi connectivity index (χ2v) is 5.97. The molecule has 0 atom stereocenters. The maximum absolute atomic E-state index is 11.6. The van der Waals surface area contributed by atoms with Gasteiger partial charge in [0.1, 0.15) is 5.54 Å². The molecule has 0 aliphatic carbocycles. The van der Waals surface area contributed by atoms with E-state index in [1.54, 1.807) is 0 Å². The highest BCUT2D eigenvalue weighted by atomic mass is 16.1. The molecule has 1 N–H and O–H groups in total. The van der Waals surface area contributed by atoms with Gasteiger partial charge in [0.2, 0.25) is 5.91 Å². The van der Waals surface area contributed by atoms with Crippen LogP contribution in [-0.2, 0) is 4.79 Å². The summed E-state index contributed by atoms with van der Waals surface area (Å²) < 4.78 is 0. The van der Waals surface area contributed by atoms with Crippen molar-refractivity contribution < 1.29 is 4.79 Å². The van der Waals surface area contributed by atoms with Gasteiger partial charge in [0.05, 0.1) is 6.07 Å². The predicted molar refractivity (Wildman–Crippen MR) is 75.6 cm³/mol. The molecule has 0 spiro atoms. The Morgan fingerprint density at radius 2 is 1.89 bits per heavy atom. The molecule has 1 aliphatic rings. The van der Waals surface area contributed by atoms with Gasteiger partial charge in [-0.1, -0.05) is 0 Å². The molecule has 19 heavy (non-hydrogen) atoms. The average Bonchev–Trinajstić information content (AvgIpc) is 2.36. The van der Waals surface area contributed by atoms with E-state index in [0.717, 1.165) is 32.7 Å². The normalized spacial score (nSPS) is 18.3. The Hall–Kier alpha value is -1.12. The van der Waals surface area contributed by atoms with Gasteiger partial charge in [-0.3, -0.25) is 9.69 Å². The average molecular weight is 266 g/mol. The first-order chi connectivity index (χ1) is 8.85. The standard InChI is InChI=1S/C14H26N4O/c1-12(2)16-13(19)5-6-17-7-9-18(10-8-17)14(3,4)11-15/h12H,5-10H2,1-4H3,(H,16,19). The lowest BCUT2D eigenvalue weighted by Crippen LogP contribution is -2.54. The minimum Gasteiger partial charge on any atom is -0.354 e. The number of rotatable bonds is 5. The van der Waals surface area contributed by atoms with Gasteiger partial charge in [-0.25, -0.2) is 0 Å². The Morgan fingerprint density at radius 3 is 2.37 bits per heavy atom. The number of amides is 1. The number of hydrogen-bond donors (Lipinski definition) is 1. The quantitative estimate of drug-likeness (QED) is 0.800. The van der Waals surface area contributed by atoms with E-state index in [0.29, 0.717) is 6.42 Å². The fraction of sp³-hybridized carbons (Fsp3) is 0.857. The third-order valence-corrected chi connectivity index (χ3v) is 3.54. The Labute approximate surface area is 116 Å². The third kappa shape index (κ3) is 5.17. The zero-order valence-corrected chi connectivity index (χ0v) is 12.6. The molecule has 1 fully saturated rings. The zero-order valence-electron chi connectivity index (χ0n) is 12.6. The van der Waals surface area contributed by atoms with Gasteiger partial charge < -0.3 is 10.2 Å². The van der Waals surface area contributed by atoms with Gasteiger partial charge >= 0.3 is 0 Å². The molecule has 1 aliphatic heterocycles. The monoisotopic (exact) mass is 266 g/mol. The van der Waals surface area contributed by atoms with Gasteiger partial charge in [-0.2, -0.15) is 5.26 Å². The van der Waals surface area contributed by atoms with Crippen LogP contribution in [0.4, 0.5) is 0 Å². The van der Waals surface area contributed by atoms with Crippen LogP contribution in [0, 0.1) is 11.3 Å². The van der Waals surface area contributed by atoms with Crippen LogP contribution in [0.3, 0.4) is 0 Å². The molecular formula is C14H26N4O. The number of piperazine rings is 1. The minimum absolute atomic E-state index is 0.120. The van der Waals surface area contributed by atoms with E-state index in [9.17, 15) is 4.79 Å². The molecule has 1 saturated heterocycles. The molecule has 1 rings (SSSR count). The van der Waals surface area contributed by atoms with Crippen molar-refractivity contribution in [3.63, 3.8) is 0 Å². The number of nitrogens with one attached hydrogen (secondary N) is 1. The number of nitrogens with zero attached hydrogens (tertiary/aromatic N) is 3. The summed E-state index contributed by atoms with van der Waals surface area (Å²) in [5.74, 6) is 0.120. The summed E-state index contributed by atoms with van der Waals surface area (Å²) >= 11 is 0. The molecule has 1 amide bonds. The fourth-order valence-corrected chi connectivity index (χ4v) is 2.26. The molecule has 108 valence electrons. The fourth-order valence-electron chi connectivity index (χ4n) is 2.26. The van der Waals surface area contributed by atoms with Crippen LogP contribution in [0.15, 0.2) is 0 Å². The molecule has 5 heteroatoms. The Bertz CT molecular complexity index is 338. The van der Waals surface area contributed by atoms with Crippen LogP contribution in [0.5, 0.6) is 0 Å².